The number of methoxy groups -OCH3 is 1. The van der Waals surface area contributed by atoms with E-state index in [-0.39, 0.29) is 11.9 Å². The number of amides is 1. The minimum Gasteiger partial charge on any atom is -0.497 e. The van der Waals surface area contributed by atoms with Crippen LogP contribution in [0.2, 0.25) is 0 Å². The van der Waals surface area contributed by atoms with Crippen LogP contribution in [0.3, 0.4) is 0 Å². The molecule has 4 heteroatoms. The average molecular weight is 322 g/mol. The van der Waals surface area contributed by atoms with Crippen LogP contribution in [-0.2, 0) is 4.79 Å². The van der Waals surface area contributed by atoms with Crippen molar-refractivity contribution in [2.45, 2.75) is 18.5 Å². The quantitative estimate of drug-likeness (QED) is 0.870. The Kier molecular flexibility index (Phi) is 3.77. The first-order valence-corrected chi connectivity index (χ1v) is 8.41. The summed E-state index contributed by atoms with van der Waals surface area (Å²) in [6.45, 7) is 0.810. The molecular weight excluding hydrogens is 300 g/mol. The number of benzene rings is 2. The summed E-state index contributed by atoms with van der Waals surface area (Å²) in [4.78, 5) is 17.1. The first-order chi connectivity index (χ1) is 11.7. The minimum absolute atomic E-state index is 0.0164. The van der Waals surface area contributed by atoms with Crippen LogP contribution in [0.1, 0.15) is 18.0 Å². The van der Waals surface area contributed by atoms with E-state index < -0.39 is 0 Å². The number of carbonyl (C=O) groups is 1. The summed E-state index contributed by atoms with van der Waals surface area (Å²) < 4.78 is 5.24. The molecule has 4 nitrogen and oxygen atoms in total. The smallest absolute Gasteiger partial charge is 0.244 e. The predicted molar refractivity (Wildman–Crippen MR) is 94.2 cm³/mol. The van der Waals surface area contributed by atoms with Gasteiger partial charge in [0.1, 0.15) is 5.75 Å². The second-order valence-electron chi connectivity index (χ2n) is 6.68. The minimum atomic E-state index is -0.0164. The fourth-order valence-corrected chi connectivity index (χ4v) is 4.18. The van der Waals surface area contributed by atoms with Crippen molar-refractivity contribution in [3.05, 3.63) is 60.2 Å². The van der Waals surface area contributed by atoms with Crippen molar-refractivity contribution >= 4 is 11.6 Å². The normalized spacial score (nSPS) is 26.7. The molecular formula is C20H22N2O2. The molecule has 2 aliphatic heterocycles. The van der Waals surface area contributed by atoms with Crippen molar-refractivity contribution in [3.8, 4) is 5.75 Å². The Morgan fingerprint density at radius 1 is 1.04 bits per heavy atom. The van der Waals surface area contributed by atoms with Crippen LogP contribution in [0, 0.1) is 5.92 Å². The fraction of sp³-hybridized carbons (Fsp3) is 0.350. The third-order valence-electron chi connectivity index (χ3n) is 5.41. The maximum Gasteiger partial charge on any atom is 0.244 e. The molecule has 0 N–H and O–H groups in total. The molecule has 2 aliphatic rings. The number of likely N-dealkylation sites (tertiary alicyclic amines) is 1. The molecule has 0 spiro atoms. The number of para-hydroxylation sites is 1. The van der Waals surface area contributed by atoms with Crippen LogP contribution in [0.5, 0.6) is 5.75 Å². The third-order valence-corrected chi connectivity index (χ3v) is 5.41. The number of anilines is 1. The van der Waals surface area contributed by atoms with Crippen LogP contribution in [0.15, 0.2) is 54.6 Å². The van der Waals surface area contributed by atoms with Crippen LogP contribution in [0.25, 0.3) is 0 Å². The molecule has 0 aliphatic carbocycles. The number of rotatable bonds is 3. The van der Waals surface area contributed by atoms with Gasteiger partial charge >= 0.3 is 0 Å². The Morgan fingerprint density at radius 2 is 1.75 bits per heavy atom. The molecule has 24 heavy (non-hydrogen) atoms. The van der Waals surface area contributed by atoms with Gasteiger partial charge in [0, 0.05) is 24.2 Å². The Labute approximate surface area is 142 Å². The molecule has 0 aromatic heterocycles. The van der Waals surface area contributed by atoms with Gasteiger partial charge in [-0.2, -0.15) is 0 Å². The highest BCUT2D eigenvalue weighted by molar-refractivity contribution is 6.00. The molecule has 2 fully saturated rings. The van der Waals surface area contributed by atoms with Gasteiger partial charge in [-0.1, -0.05) is 30.3 Å². The number of hydrogen-bond acceptors (Lipinski definition) is 3. The standard InChI is InChI=1S/C20H22N2O2/c1-21-18(14-8-10-17(24-2)11-9-14)12-15-13-22(20(23)19(15)21)16-6-4-3-5-7-16/h3-11,15,18-19H,12-13H2,1-2H3/t15-,18-,19-/m0/s1. The highest BCUT2D eigenvalue weighted by Crippen LogP contribution is 2.44. The number of hydrogen-bond donors (Lipinski definition) is 0. The molecule has 2 aromatic carbocycles. The second-order valence-corrected chi connectivity index (χ2v) is 6.68. The lowest BCUT2D eigenvalue weighted by Crippen LogP contribution is -2.39. The van der Waals surface area contributed by atoms with Crippen LogP contribution >= 0.6 is 0 Å². The summed E-state index contributed by atoms with van der Waals surface area (Å²) in [6.07, 6.45) is 1.02. The van der Waals surface area contributed by atoms with Gasteiger partial charge in [0.15, 0.2) is 0 Å². The SMILES string of the molecule is COc1ccc([C@@H]2C[C@H]3CN(c4ccccc4)C(=O)[C@H]3N2C)cc1. The summed E-state index contributed by atoms with van der Waals surface area (Å²) in [5.74, 6) is 1.48. The van der Waals surface area contributed by atoms with Gasteiger partial charge in [-0.3, -0.25) is 9.69 Å². The van der Waals surface area contributed by atoms with Gasteiger partial charge in [0.05, 0.1) is 13.2 Å². The van der Waals surface area contributed by atoms with Crippen LogP contribution in [0.4, 0.5) is 5.69 Å². The molecule has 2 saturated heterocycles. The zero-order chi connectivity index (χ0) is 16.7. The van der Waals surface area contributed by atoms with E-state index >= 15 is 0 Å². The lowest BCUT2D eigenvalue weighted by molar-refractivity contribution is -0.121. The van der Waals surface area contributed by atoms with Crippen LogP contribution < -0.4 is 9.64 Å². The maximum absolute atomic E-state index is 12.9. The molecule has 4 rings (SSSR count). The number of likely N-dealkylation sites (N-methyl/N-ethyl adjacent to an activating group) is 1. The first kappa shape index (κ1) is 15.2. The topological polar surface area (TPSA) is 32.8 Å². The molecule has 1 amide bonds. The van der Waals surface area contributed by atoms with E-state index in [9.17, 15) is 4.79 Å². The zero-order valence-corrected chi connectivity index (χ0v) is 14.1. The molecule has 2 aromatic rings. The molecule has 0 unspecified atom stereocenters. The summed E-state index contributed by atoms with van der Waals surface area (Å²) in [5, 5.41) is 0. The molecule has 124 valence electrons. The van der Waals surface area contributed by atoms with Gasteiger partial charge in [-0.05, 0) is 43.3 Å². The lowest BCUT2D eigenvalue weighted by atomic mass is 9.98. The van der Waals surface area contributed by atoms with Crippen molar-refractivity contribution in [3.63, 3.8) is 0 Å². The fourth-order valence-electron chi connectivity index (χ4n) is 4.18. The maximum atomic E-state index is 12.9. The number of nitrogens with zero attached hydrogens (tertiary/aromatic N) is 2. The van der Waals surface area contributed by atoms with Gasteiger partial charge in [-0.15, -0.1) is 0 Å². The van der Waals surface area contributed by atoms with Gasteiger partial charge in [-0.25, -0.2) is 0 Å². The summed E-state index contributed by atoms with van der Waals surface area (Å²) in [5.41, 5.74) is 2.26. The summed E-state index contributed by atoms with van der Waals surface area (Å²) >= 11 is 0. The van der Waals surface area contributed by atoms with E-state index in [1.54, 1.807) is 7.11 Å². The number of carbonyl (C=O) groups excluding carboxylic acids is 1. The molecule has 0 saturated carbocycles. The first-order valence-electron chi connectivity index (χ1n) is 8.41. The van der Waals surface area contributed by atoms with Gasteiger partial charge in [0.25, 0.3) is 0 Å². The molecule has 2 heterocycles. The summed E-state index contributed by atoms with van der Waals surface area (Å²) in [6, 6.07) is 18.5. The van der Waals surface area contributed by atoms with E-state index in [2.05, 4.69) is 24.1 Å². The van der Waals surface area contributed by atoms with E-state index in [1.807, 2.05) is 47.4 Å². The molecule has 0 bridgehead atoms. The van der Waals surface area contributed by atoms with E-state index in [4.69, 9.17) is 4.74 Å². The predicted octanol–water partition coefficient (Wildman–Crippen LogP) is 3.10. The van der Waals surface area contributed by atoms with Crippen LogP contribution in [-0.4, -0.2) is 37.6 Å². The molecule has 0 radical (unpaired) electrons. The third kappa shape index (κ3) is 2.38. The Balaban J connectivity index is 1.55. The summed E-state index contributed by atoms with van der Waals surface area (Å²) in [7, 11) is 3.75. The second kappa shape index (κ2) is 5.95. The van der Waals surface area contributed by atoms with Crippen molar-refractivity contribution in [1.82, 2.24) is 4.90 Å². The monoisotopic (exact) mass is 322 g/mol. The highest BCUT2D eigenvalue weighted by atomic mass is 16.5. The van der Waals surface area contributed by atoms with Crippen molar-refractivity contribution < 1.29 is 9.53 Å². The van der Waals surface area contributed by atoms with Crippen molar-refractivity contribution in [2.75, 3.05) is 25.6 Å². The van der Waals surface area contributed by atoms with E-state index in [0.717, 1.165) is 24.4 Å². The number of fused-ring (bicyclic) bond motifs is 1. The Bertz CT molecular complexity index is 729. The lowest BCUT2D eigenvalue weighted by Gasteiger charge is -2.26. The zero-order valence-electron chi connectivity index (χ0n) is 14.1. The van der Waals surface area contributed by atoms with E-state index in [1.165, 1.54) is 5.56 Å². The Morgan fingerprint density at radius 3 is 2.38 bits per heavy atom. The van der Waals surface area contributed by atoms with Gasteiger partial charge in [0.2, 0.25) is 5.91 Å². The molecule has 3 atom stereocenters. The van der Waals surface area contributed by atoms with Crippen molar-refractivity contribution in [1.29, 1.82) is 0 Å². The van der Waals surface area contributed by atoms with Gasteiger partial charge < -0.3 is 9.64 Å². The Hall–Kier alpha value is -2.33. The largest absolute Gasteiger partial charge is 0.497 e. The van der Waals surface area contributed by atoms with E-state index in [0.29, 0.717) is 12.0 Å². The average Bonchev–Trinajstić information content (AvgIpc) is 3.13. The van der Waals surface area contributed by atoms with Crippen molar-refractivity contribution in [2.24, 2.45) is 5.92 Å². The highest BCUT2D eigenvalue weighted by Gasteiger charge is 2.50. The number of ether oxygens (including phenoxy) is 1.